The first-order chi connectivity index (χ1) is 8.19. The molecule has 0 aliphatic rings. The fourth-order valence-corrected chi connectivity index (χ4v) is 1.64. The van der Waals surface area contributed by atoms with Crippen molar-refractivity contribution in [3.63, 3.8) is 0 Å². The molecular weight excluding hydrogens is 210 g/mol. The number of rotatable bonds is 3. The molecule has 0 saturated heterocycles. The largest absolute Gasteiger partial charge is 0.457 e. The van der Waals surface area contributed by atoms with E-state index in [0.29, 0.717) is 6.54 Å². The van der Waals surface area contributed by atoms with Gasteiger partial charge in [-0.2, -0.15) is 0 Å². The van der Waals surface area contributed by atoms with Gasteiger partial charge in [0, 0.05) is 6.54 Å². The Hall–Kier alpha value is -1.80. The molecule has 2 rings (SSSR count). The summed E-state index contributed by atoms with van der Waals surface area (Å²) in [5.41, 5.74) is 9.00. The van der Waals surface area contributed by atoms with Crippen LogP contribution < -0.4 is 10.5 Å². The van der Waals surface area contributed by atoms with E-state index in [2.05, 4.69) is 19.1 Å². The molecular formula is C15H17NO. The Morgan fingerprint density at radius 3 is 2.35 bits per heavy atom. The van der Waals surface area contributed by atoms with Gasteiger partial charge in [0.25, 0.3) is 0 Å². The van der Waals surface area contributed by atoms with E-state index >= 15 is 0 Å². The third-order valence-electron chi connectivity index (χ3n) is 2.73. The van der Waals surface area contributed by atoms with Crippen molar-refractivity contribution in [2.75, 3.05) is 0 Å². The molecule has 2 heteroatoms. The van der Waals surface area contributed by atoms with Crippen LogP contribution in [-0.2, 0) is 6.54 Å². The summed E-state index contributed by atoms with van der Waals surface area (Å²) in [4.78, 5) is 0. The summed E-state index contributed by atoms with van der Waals surface area (Å²) in [6, 6.07) is 14.1. The van der Waals surface area contributed by atoms with E-state index < -0.39 is 0 Å². The molecule has 2 N–H and O–H groups in total. The second-order valence-corrected chi connectivity index (χ2v) is 4.22. The minimum atomic E-state index is 0.559. The van der Waals surface area contributed by atoms with Crippen LogP contribution in [0.4, 0.5) is 0 Å². The Morgan fingerprint density at radius 2 is 1.71 bits per heavy atom. The van der Waals surface area contributed by atoms with Crippen LogP contribution in [0, 0.1) is 13.8 Å². The van der Waals surface area contributed by atoms with E-state index in [-0.39, 0.29) is 0 Å². The number of ether oxygens (including phenoxy) is 1. The molecule has 0 spiro atoms. The van der Waals surface area contributed by atoms with E-state index in [4.69, 9.17) is 10.5 Å². The number of hydrogen-bond donors (Lipinski definition) is 1. The third-order valence-corrected chi connectivity index (χ3v) is 2.73. The van der Waals surface area contributed by atoms with Gasteiger partial charge in [-0.15, -0.1) is 0 Å². The van der Waals surface area contributed by atoms with Gasteiger partial charge >= 0.3 is 0 Å². The lowest BCUT2D eigenvalue weighted by Crippen LogP contribution is -1.95. The first kappa shape index (κ1) is 11.7. The van der Waals surface area contributed by atoms with Crippen molar-refractivity contribution in [1.82, 2.24) is 0 Å². The van der Waals surface area contributed by atoms with Crippen molar-refractivity contribution >= 4 is 0 Å². The maximum absolute atomic E-state index is 5.85. The van der Waals surface area contributed by atoms with Crippen molar-refractivity contribution in [3.8, 4) is 11.5 Å². The van der Waals surface area contributed by atoms with Crippen molar-refractivity contribution in [2.24, 2.45) is 5.73 Å². The maximum atomic E-state index is 5.85. The molecule has 0 radical (unpaired) electrons. The molecule has 0 heterocycles. The fourth-order valence-electron chi connectivity index (χ4n) is 1.64. The number of aryl methyl sites for hydroxylation is 2. The Balaban J connectivity index is 2.22. The van der Waals surface area contributed by atoms with Crippen LogP contribution in [0.1, 0.15) is 16.7 Å². The van der Waals surface area contributed by atoms with Crippen molar-refractivity contribution in [2.45, 2.75) is 20.4 Å². The molecule has 2 aromatic rings. The van der Waals surface area contributed by atoms with Crippen LogP contribution in [-0.4, -0.2) is 0 Å². The zero-order valence-electron chi connectivity index (χ0n) is 10.2. The lowest BCUT2D eigenvalue weighted by Gasteiger charge is -2.09. The van der Waals surface area contributed by atoms with Gasteiger partial charge in [0.2, 0.25) is 0 Å². The SMILES string of the molecule is Cc1ccc(C)c(Oc2ccc(CN)cc2)c1. The summed E-state index contributed by atoms with van der Waals surface area (Å²) in [6.45, 7) is 4.66. The van der Waals surface area contributed by atoms with Crippen LogP contribution >= 0.6 is 0 Å². The molecule has 88 valence electrons. The molecule has 0 atom stereocenters. The lowest BCUT2D eigenvalue weighted by molar-refractivity contribution is 0.478. The normalized spacial score (nSPS) is 10.3. The van der Waals surface area contributed by atoms with Gasteiger partial charge in [-0.05, 0) is 48.7 Å². The Morgan fingerprint density at radius 1 is 1.00 bits per heavy atom. The van der Waals surface area contributed by atoms with Gasteiger partial charge in [-0.3, -0.25) is 0 Å². The van der Waals surface area contributed by atoms with Crippen LogP contribution in [0.5, 0.6) is 11.5 Å². The fraction of sp³-hybridized carbons (Fsp3) is 0.200. The van der Waals surface area contributed by atoms with Crippen LogP contribution in [0.25, 0.3) is 0 Å². The van der Waals surface area contributed by atoms with Crippen molar-refractivity contribution in [3.05, 3.63) is 59.2 Å². The zero-order chi connectivity index (χ0) is 12.3. The second-order valence-electron chi connectivity index (χ2n) is 4.22. The number of nitrogens with two attached hydrogens (primary N) is 1. The monoisotopic (exact) mass is 227 g/mol. The smallest absolute Gasteiger partial charge is 0.130 e. The predicted octanol–water partition coefficient (Wildman–Crippen LogP) is 3.55. The molecule has 0 unspecified atom stereocenters. The molecule has 17 heavy (non-hydrogen) atoms. The number of benzene rings is 2. The standard InChI is InChI=1S/C15H17NO/c1-11-3-4-12(2)15(9-11)17-14-7-5-13(10-16)6-8-14/h3-9H,10,16H2,1-2H3. The molecule has 0 aliphatic carbocycles. The van der Waals surface area contributed by atoms with Gasteiger partial charge in [-0.25, -0.2) is 0 Å². The summed E-state index contributed by atoms with van der Waals surface area (Å²) in [7, 11) is 0. The van der Waals surface area contributed by atoms with Gasteiger partial charge in [0.05, 0.1) is 0 Å². The molecule has 0 saturated carbocycles. The third kappa shape index (κ3) is 2.86. The molecule has 0 bridgehead atoms. The number of hydrogen-bond acceptors (Lipinski definition) is 2. The van der Waals surface area contributed by atoms with E-state index in [1.807, 2.05) is 37.3 Å². The minimum absolute atomic E-state index is 0.559. The highest BCUT2D eigenvalue weighted by Crippen LogP contribution is 2.26. The second kappa shape index (κ2) is 5.02. The summed E-state index contributed by atoms with van der Waals surface area (Å²) in [6.07, 6.45) is 0. The summed E-state index contributed by atoms with van der Waals surface area (Å²) < 4.78 is 5.85. The molecule has 0 aromatic heterocycles. The highest BCUT2D eigenvalue weighted by molar-refractivity contribution is 5.40. The average Bonchev–Trinajstić information content (AvgIpc) is 2.35. The summed E-state index contributed by atoms with van der Waals surface area (Å²) in [5.74, 6) is 1.75. The Labute approximate surface area is 102 Å². The van der Waals surface area contributed by atoms with Gasteiger partial charge in [0.15, 0.2) is 0 Å². The predicted molar refractivity (Wildman–Crippen MR) is 70.3 cm³/mol. The molecule has 2 nitrogen and oxygen atoms in total. The van der Waals surface area contributed by atoms with Crippen molar-refractivity contribution in [1.29, 1.82) is 0 Å². The topological polar surface area (TPSA) is 35.2 Å². The van der Waals surface area contributed by atoms with Crippen molar-refractivity contribution < 1.29 is 4.74 Å². The zero-order valence-corrected chi connectivity index (χ0v) is 10.2. The van der Waals surface area contributed by atoms with Gasteiger partial charge in [0.1, 0.15) is 11.5 Å². The van der Waals surface area contributed by atoms with Crippen LogP contribution in [0.3, 0.4) is 0 Å². The molecule has 0 fully saturated rings. The van der Waals surface area contributed by atoms with E-state index in [1.54, 1.807) is 0 Å². The summed E-state index contributed by atoms with van der Waals surface area (Å²) in [5, 5.41) is 0. The first-order valence-electron chi connectivity index (χ1n) is 5.73. The highest BCUT2D eigenvalue weighted by atomic mass is 16.5. The van der Waals surface area contributed by atoms with Crippen LogP contribution in [0.15, 0.2) is 42.5 Å². The average molecular weight is 227 g/mol. The Bertz CT molecular complexity index is 503. The highest BCUT2D eigenvalue weighted by Gasteiger charge is 2.01. The quantitative estimate of drug-likeness (QED) is 0.870. The van der Waals surface area contributed by atoms with E-state index in [9.17, 15) is 0 Å². The van der Waals surface area contributed by atoms with E-state index in [0.717, 1.165) is 22.6 Å². The van der Waals surface area contributed by atoms with Crippen LogP contribution in [0.2, 0.25) is 0 Å². The lowest BCUT2D eigenvalue weighted by atomic mass is 10.1. The summed E-state index contributed by atoms with van der Waals surface area (Å²) >= 11 is 0. The first-order valence-corrected chi connectivity index (χ1v) is 5.73. The van der Waals surface area contributed by atoms with Gasteiger partial charge < -0.3 is 10.5 Å². The minimum Gasteiger partial charge on any atom is -0.457 e. The molecule has 2 aromatic carbocycles. The Kier molecular flexibility index (Phi) is 3.45. The maximum Gasteiger partial charge on any atom is 0.130 e. The van der Waals surface area contributed by atoms with Gasteiger partial charge in [-0.1, -0.05) is 24.3 Å². The molecule has 0 amide bonds. The molecule has 0 aliphatic heterocycles. The van der Waals surface area contributed by atoms with E-state index in [1.165, 1.54) is 5.56 Å².